The number of aliphatic hydroxyl groups excluding tert-OH is 1. The molecule has 6 nitrogen and oxygen atoms in total. The Morgan fingerprint density at radius 3 is 2.93 bits per heavy atom. The van der Waals surface area contributed by atoms with Gasteiger partial charge in [0.1, 0.15) is 17.6 Å². The lowest BCUT2D eigenvalue weighted by Crippen LogP contribution is -2.29. The minimum absolute atomic E-state index is 0.0298. The number of aliphatic hydroxyl groups is 1. The fourth-order valence-corrected chi connectivity index (χ4v) is 3.80. The zero-order valence-electron chi connectivity index (χ0n) is 14.9. The van der Waals surface area contributed by atoms with Gasteiger partial charge in [0.2, 0.25) is 0 Å². The maximum absolute atomic E-state index is 13.9. The van der Waals surface area contributed by atoms with E-state index in [9.17, 15) is 9.50 Å². The number of imidazole rings is 1. The van der Waals surface area contributed by atoms with Gasteiger partial charge in [0.25, 0.3) is 0 Å². The lowest BCUT2D eigenvalue weighted by Gasteiger charge is -2.15. The summed E-state index contributed by atoms with van der Waals surface area (Å²) in [6.07, 6.45) is 5.31. The number of halogens is 1. The highest BCUT2D eigenvalue weighted by Crippen LogP contribution is 2.42. The van der Waals surface area contributed by atoms with Gasteiger partial charge in [-0.3, -0.25) is 4.40 Å². The lowest BCUT2D eigenvalue weighted by atomic mass is 10.1. The van der Waals surface area contributed by atoms with Gasteiger partial charge in [-0.25, -0.2) is 14.4 Å². The summed E-state index contributed by atoms with van der Waals surface area (Å²) >= 11 is 0. The van der Waals surface area contributed by atoms with Gasteiger partial charge in [-0.1, -0.05) is 6.07 Å². The van der Waals surface area contributed by atoms with E-state index >= 15 is 0 Å². The molecular formula is C20H22FN5O. The van der Waals surface area contributed by atoms with E-state index in [2.05, 4.69) is 26.8 Å². The van der Waals surface area contributed by atoms with Crippen LogP contribution in [0.5, 0.6) is 0 Å². The van der Waals surface area contributed by atoms with Gasteiger partial charge < -0.3 is 15.7 Å². The lowest BCUT2D eigenvalue weighted by molar-refractivity contribution is 0.280. The normalized spacial score (nSPS) is 22.4. The van der Waals surface area contributed by atoms with Crippen molar-refractivity contribution in [1.82, 2.24) is 19.7 Å². The fraction of sp³-hybridized carbons (Fsp3) is 0.400. The molecule has 0 bridgehead atoms. The van der Waals surface area contributed by atoms with E-state index in [1.54, 1.807) is 6.20 Å². The molecule has 5 rings (SSSR count). The summed E-state index contributed by atoms with van der Waals surface area (Å²) in [6, 6.07) is 7.41. The molecule has 3 aromatic rings. The van der Waals surface area contributed by atoms with Gasteiger partial charge in [-0.05, 0) is 48.1 Å². The summed E-state index contributed by atoms with van der Waals surface area (Å²) in [4.78, 5) is 9.17. The highest BCUT2D eigenvalue weighted by Gasteiger charge is 2.28. The van der Waals surface area contributed by atoms with Crippen molar-refractivity contribution in [2.45, 2.75) is 37.6 Å². The third-order valence-corrected chi connectivity index (χ3v) is 5.44. The molecule has 3 N–H and O–H groups in total. The van der Waals surface area contributed by atoms with E-state index in [1.165, 1.54) is 18.4 Å². The summed E-state index contributed by atoms with van der Waals surface area (Å²) in [5.41, 5.74) is 4.61. The molecule has 7 heteroatoms. The maximum atomic E-state index is 13.9. The van der Waals surface area contributed by atoms with Gasteiger partial charge in [0.05, 0.1) is 30.2 Å². The Balaban J connectivity index is 1.51. The van der Waals surface area contributed by atoms with E-state index < -0.39 is 6.17 Å². The number of pyridine rings is 2. The van der Waals surface area contributed by atoms with Crippen LogP contribution < -0.4 is 10.6 Å². The van der Waals surface area contributed by atoms with Gasteiger partial charge in [0.15, 0.2) is 0 Å². The molecule has 0 unspecified atom stereocenters. The van der Waals surface area contributed by atoms with Crippen LogP contribution in [0, 0.1) is 0 Å². The van der Waals surface area contributed by atoms with Crippen LogP contribution in [0.4, 0.5) is 10.2 Å². The average Bonchev–Trinajstić information content (AvgIpc) is 3.34. The number of rotatable bonds is 5. The molecule has 0 spiro atoms. The summed E-state index contributed by atoms with van der Waals surface area (Å²) in [5.74, 6) is 1.19. The number of hydrogen-bond acceptors (Lipinski definition) is 5. The van der Waals surface area contributed by atoms with Gasteiger partial charge in [0, 0.05) is 19.3 Å². The van der Waals surface area contributed by atoms with Crippen molar-refractivity contribution < 1.29 is 9.50 Å². The van der Waals surface area contributed by atoms with Crippen molar-refractivity contribution in [2.75, 3.05) is 18.4 Å². The predicted octanol–water partition coefficient (Wildman–Crippen LogP) is 2.49. The van der Waals surface area contributed by atoms with Crippen molar-refractivity contribution in [2.24, 2.45) is 0 Å². The third kappa shape index (κ3) is 3.07. The second-order valence-corrected chi connectivity index (χ2v) is 7.39. The monoisotopic (exact) mass is 367 g/mol. The molecule has 1 saturated carbocycles. The third-order valence-electron chi connectivity index (χ3n) is 5.44. The quantitative estimate of drug-likeness (QED) is 0.646. The summed E-state index contributed by atoms with van der Waals surface area (Å²) in [5, 5.41) is 15.9. The number of aromatic nitrogens is 3. The number of hydrogen-bond donors (Lipinski definition) is 3. The number of alkyl halides is 1. The summed E-state index contributed by atoms with van der Waals surface area (Å²) < 4.78 is 15.9. The molecule has 140 valence electrons. The standard InChI is InChI=1S/C20H22FN5O/c21-15-7-22-8-17(15)25-19-3-1-2-16(24-19)18-9-23-20-6-13(11-27)14(10-26(18)20)12-4-5-12/h1-3,6,9-10,12,15,17,22,27H,4-5,7-8,11H2,(H,24,25)/t15-,17-/m0/s1. The molecule has 1 aliphatic heterocycles. The molecule has 3 aromatic heterocycles. The Bertz CT molecular complexity index is 984. The average molecular weight is 367 g/mol. The van der Waals surface area contributed by atoms with Crippen LogP contribution in [0.3, 0.4) is 0 Å². The Labute approximate surface area is 156 Å². The zero-order valence-corrected chi connectivity index (χ0v) is 14.9. The Kier molecular flexibility index (Phi) is 4.06. The molecular weight excluding hydrogens is 345 g/mol. The van der Waals surface area contributed by atoms with Gasteiger partial charge >= 0.3 is 0 Å². The van der Waals surface area contributed by atoms with Crippen molar-refractivity contribution in [1.29, 1.82) is 0 Å². The molecule has 0 radical (unpaired) electrons. The van der Waals surface area contributed by atoms with E-state index in [1.807, 2.05) is 28.7 Å². The molecule has 0 aromatic carbocycles. The highest BCUT2D eigenvalue weighted by molar-refractivity contribution is 5.63. The minimum atomic E-state index is -0.913. The first-order valence-corrected chi connectivity index (χ1v) is 9.42. The largest absolute Gasteiger partial charge is 0.392 e. The summed E-state index contributed by atoms with van der Waals surface area (Å²) in [6.45, 7) is 1.00. The van der Waals surface area contributed by atoms with Crippen LogP contribution in [0.25, 0.3) is 17.0 Å². The maximum Gasteiger partial charge on any atom is 0.137 e. The van der Waals surface area contributed by atoms with Crippen molar-refractivity contribution >= 4 is 11.5 Å². The van der Waals surface area contributed by atoms with Gasteiger partial charge in [-0.15, -0.1) is 0 Å². The molecule has 2 atom stereocenters. The van der Waals surface area contributed by atoms with Crippen LogP contribution in [-0.4, -0.2) is 44.8 Å². The minimum Gasteiger partial charge on any atom is -0.392 e. The Morgan fingerprint density at radius 2 is 2.19 bits per heavy atom. The highest BCUT2D eigenvalue weighted by atomic mass is 19.1. The van der Waals surface area contributed by atoms with E-state index in [-0.39, 0.29) is 12.6 Å². The van der Waals surface area contributed by atoms with Crippen LogP contribution in [0.1, 0.15) is 29.9 Å². The first-order chi connectivity index (χ1) is 13.2. The number of anilines is 1. The molecule has 4 heterocycles. The second-order valence-electron chi connectivity index (χ2n) is 7.39. The van der Waals surface area contributed by atoms with Crippen molar-refractivity contribution in [3.8, 4) is 11.4 Å². The fourth-order valence-electron chi connectivity index (χ4n) is 3.80. The van der Waals surface area contributed by atoms with E-state index in [4.69, 9.17) is 0 Å². The van der Waals surface area contributed by atoms with Crippen molar-refractivity contribution in [3.05, 3.63) is 47.8 Å². The van der Waals surface area contributed by atoms with E-state index in [0.29, 0.717) is 24.8 Å². The Morgan fingerprint density at radius 1 is 1.30 bits per heavy atom. The SMILES string of the molecule is OCc1cc2ncc(-c3cccc(N[C@H]4CNC[C@@H]4F)n3)n2cc1C1CC1. The zero-order chi connectivity index (χ0) is 18.4. The van der Waals surface area contributed by atoms with Crippen LogP contribution in [0.15, 0.2) is 36.7 Å². The molecule has 0 amide bonds. The van der Waals surface area contributed by atoms with Crippen LogP contribution >= 0.6 is 0 Å². The van der Waals surface area contributed by atoms with Crippen LogP contribution in [0.2, 0.25) is 0 Å². The second kappa shape index (κ2) is 6.58. The smallest absolute Gasteiger partial charge is 0.137 e. The molecule has 27 heavy (non-hydrogen) atoms. The molecule has 2 aliphatic rings. The predicted molar refractivity (Wildman–Crippen MR) is 101 cm³/mol. The first kappa shape index (κ1) is 16.6. The molecule has 1 aliphatic carbocycles. The van der Waals surface area contributed by atoms with E-state index in [0.717, 1.165) is 22.6 Å². The number of fused-ring (bicyclic) bond motifs is 1. The van der Waals surface area contributed by atoms with Crippen LogP contribution in [-0.2, 0) is 6.61 Å². The topological polar surface area (TPSA) is 74.5 Å². The molecule has 1 saturated heterocycles. The summed E-state index contributed by atoms with van der Waals surface area (Å²) in [7, 11) is 0. The Hall–Kier alpha value is -2.51. The van der Waals surface area contributed by atoms with Gasteiger partial charge in [-0.2, -0.15) is 0 Å². The number of nitrogens with one attached hydrogen (secondary N) is 2. The number of nitrogens with zero attached hydrogens (tertiary/aromatic N) is 3. The first-order valence-electron chi connectivity index (χ1n) is 9.42. The van der Waals surface area contributed by atoms with Crippen molar-refractivity contribution in [3.63, 3.8) is 0 Å². The molecule has 2 fully saturated rings.